The predicted octanol–water partition coefficient (Wildman–Crippen LogP) is 4.49. The minimum absolute atomic E-state index is 0.00542. The van der Waals surface area contributed by atoms with Gasteiger partial charge in [-0.1, -0.05) is 44.0 Å². The molecule has 2 atom stereocenters. The molecule has 1 aliphatic heterocycles. The molecule has 1 saturated heterocycles. The van der Waals surface area contributed by atoms with E-state index in [-0.39, 0.29) is 20.6 Å². The lowest BCUT2D eigenvalue weighted by atomic mass is 9.90. The smallest absolute Gasteiger partial charge is 0.302 e. The molecule has 0 N–H and O–H groups in total. The number of rotatable bonds is 1. The Morgan fingerprint density at radius 1 is 1.16 bits per heavy atom. The van der Waals surface area contributed by atoms with Crippen molar-refractivity contribution in [2.75, 3.05) is 4.90 Å². The van der Waals surface area contributed by atoms with Crippen LogP contribution >= 0.6 is 23.2 Å². The first-order valence-corrected chi connectivity index (χ1v) is 7.90. The number of amides is 2. The zero-order valence-electron chi connectivity index (χ0n) is 16.5. The fraction of sp³-hybridized carbons (Fsp3) is 0.500. The average Bonchev–Trinajstić information content (AvgIpc) is 2.77. The van der Waals surface area contributed by atoms with E-state index < -0.39 is 42.5 Å². The molecule has 1 fully saturated rings. The minimum Gasteiger partial charge on any atom is -0.302 e. The van der Waals surface area contributed by atoms with Gasteiger partial charge in [0.2, 0.25) is 0 Å². The summed E-state index contributed by atoms with van der Waals surface area (Å²) in [6.07, 6.45) is -6.90. The molecule has 0 aromatic heterocycles. The topological polar surface area (TPSA) is 40.6 Å². The van der Waals surface area contributed by atoms with Crippen LogP contribution < -0.4 is 4.90 Å². The van der Waals surface area contributed by atoms with Gasteiger partial charge in [0.1, 0.15) is 12.2 Å². The van der Waals surface area contributed by atoms with Crippen LogP contribution in [-0.4, -0.2) is 35.1 Å². The largest absolute Gasteiger partial charge is 0.471 e. The maximum Gasteiger partial charge on any atom is 0.471 e. The Bertz CT molecular complexity index is 790. The monoisotopic (exact) mass is 399 g/mol. The maximum absolute atomic E-state index is 13.3. The fourth-order valence-electron chi connectivity index (χ4n) is 2.76. The molecule has 25 heavy (non-hydrogen) atoms. The lowest BCUT2D eigenvalue weighted by Crippen LogP contribution is -2.55. The number of hydrogen-bond acceptors (Lipinski definition) is 2. The highest BCUT2D eigenvalue weighted by Crippen LogP contribution is 2.41. The van der Waals surface area contributed by atoms with E-state index in [0.29, 0.717) is 0 Å². The summed E-state index contributed by atoms with van der Waals surface area (Å²) in [6, 6.07) is 1.58. The Kier molecular flexibility index (Phi) is 4.01. The van der Waals surface area contributed by atoms with Crippen molar-refractivity contribution in [1.29, 1.82) is 0 Å². The van der Waals surface area contributed by atoms with Crippen molar-refractivity contribution < 1.29 is 26.9 Å². The van der Waals surface area contributed by atoms with E-state index in [1.165, 1.54) is 39.0 Å². The van der Waals surface area contributed by atoms with E-state index >= 15 is 0 Å². The van der Waals surface area contributed by atoms with Gasteiger partial charge in [0, 0.05) is 25.3 Å². The number of nitrogens with zero attached hydrogens (tertiary/aromatic N) is 2. The van der Waals surface area contributed by atoms with Gasteiger partial charge in [-0.25, -0.2) is 0 Å². The third-order valence-corrected chi connectivity index (χ3v) is 4.07. The van der Waals surface area contributed by atoms with Crippen LogP contribution in [0.5, 0.6) is 0 Å². The van der Waals surface area contributed by atoms with Crippen molar-refractivity contribution in [2.24, 2.45) is 5.41 Å². The number of anilines is 1. The predicted molar refractivity (Wildman–Crippen MR) is 89.6 cm³/mol. The lowest BCUT2D eigenvalue weighted by molar-refractivity contribution is -0.190. The van der Waals surface area contributed by atoms with Gasteiger partial charge in [-0.15, -0.1) is 0 Å². The quantitative estimate of drug-likeness (QED) is 0.697. The molecule has 9 heteroatoms. The maximum atomic E-state index is 13.3. The van der Waals surface area contributed by atoms with Gasteiger partial charge in [0.15, 0.2) is 0 Å². The Balaban J connectivity index is 2.78. The van der Waals surface area contributed by atoms with Crippen molar-refractivity contribution >= 4 is 40.7 Å². The van der Waals surface area contributed by atoms with Crippen LogP contribution in [0.3, 0.4) is 0 Å². The second-order valence-electron chi connectivity index (χ2n) is 6.69. The first-order valence-electron chi connectivity index (χ1n) is 8.65. The standard InChI is InChI=1S/C16H17Cl2F3N2O2/c1-8-12(24)23(11-6-9(17)5-10(18)7-11)13(15(2,3)4)22(8)14(25)16(19,20)21/h5-8,13H,1-4H3/t8-,13+/m1/s1/i1D3. The summed E-state index contributed by atoms with van der Waals surface area (Å²) in [6.45, 7) is 1.28. The molecule has 2 amide bonds. The first kappa shape index (κ1) is 15.8. The van der Waals surface area contributed by atoms with Crippen LogP contribution in [0.15, 0.2) is 18.2 Å². The van der Waals surface area contributed by atoms with Gasteiger partial charge in [0.05, 0.1) is 0 Å². The number of carbonyl (C=O) groups excluding carboxylic acids is 2. The molecule has 0 saturated carbocycles. The number of benzene rings is 1. The third-order valence-electron chi connectivity index (χ3n) is 3.63. The summed E-state index contributed by atoms with van der Waals surface area (Å²) in [7, 11) is 0. The molecule has 1 aliphatic rings. The summed E-state index contributed by atoms with van der Waals surface area (Å²) < 4.78 is 62.6. The molecule has 4 nitrogen and oxygen atoms in total. The fourth-order valence-corrected chi connectivity index (χ4v) is 3.28. The van der Waals surface area contributed by atoms with Crippen LogP contribution in [0.2, 0.25) is 10.0 Å². The highest BCUT2D eigenvalue weighted by molar-refractivity contribution is 6.35. The highest BCUT2D eigenvalue weighted by Gasteiger charge is 2.57. The lowest BCUT2D eigenvalue weighted by Gasteiger charge is -2.40. The third kappa shape index (κ3) is 3.72. The van der Waals surface area contributed by atoms with E-state index in [2.05, 4.69) is 0 Å². The van der Waals surface area contributed by atoms with Crippen molar-refractivity contribution in [1.82, 2.24) is 4.90 Å². The molecule has 0 bridgehead atoms. The van der Waals surface area contributed by atoms with Gasteiger partial charge >= 0.3 is 12.1 Å². The summed E-state index contributed by atoms with van der Waals surface area (Å²) in [5, 5.41) is 0.183. The summed E-state index contributed by atoms with van der Waals surface area (Å²) in [5.74, 6) is -3.58. The number of hydrogen-bond donors (Lipinski definition) is 0. The van der Waals surface area contributed by atoms with E-state index in [9.17, 15) is 22.8 Å². The van der Waals surface area contributed by atoms with Gasteiger partial charge in [-0.2, -0.15) is 13.2 Å². The SMILES string of the molecule is [2H]C([2H])([2H])[C@@H]1C(=O)N(c2cc(Cl)cc(Cl)c2)[C@@H](C(C)(C)C)N1C(=O)C(F)(F)F. The van der Waals surface area contributed by atoms with E-state index in [1.54, 1.807) is 0 Å². The molecule has 0 unspecified atom stereocenters. The number of alkyl halides is 3. The molecule has 1 aromatic carbocycles. The van der Waals surface area contributed by atoms with Gasteiger partial charge in [-0.05, 0) is 25.1 Å². The minimum atomic E-state index is -5.37. The van der Waals surface area contributed by atoms with Crippen LogP contribution in [-0.2, 0) is 9.59 Å². The summed E-state index contributed by atoms with van der Waals surface area (Å²) >= 11 is 11.9. The van der Waals surface area contributed by atoms with Gasteiger partial charge < -0.3 is 4.90 Å². The summed E-state index contributed by atoms with van der Waals surface area (Å²) in [4.78, 5) is 26.1. The second kappa shape index (κ2) is 6.36. The van der Waals surface area contributed by atoms with Crippen LogP contribution in [0.1, 0.15) is 31.7 Å². The van der Waals surface area contributed by atoms with E-state index in [4.69, 9.17) is 27.3 Å². The van der Waals surface area contributed by atoms with Crippen molar-refractivity contribution in [2.45, 2.75) is 46.0 Å². The van der Waals surface area contributed by atoms with E-state index in [1.807, 2.05) is 0 Å². The van der Waals surface area contributed by atoms with Crippen molar-refractivity contribution in [3.8, 4) is 0 Å². The molecule has 1 heterocycles. The van der Waals surface area contributed by atoms with Gasteiger partial charge in [-0.3, -0.25) is 14.5 Å². The van der Waals surface area contributed by atoms with Crippen LogP contribution in [0.25, 0.3) is 0 Å². The van der Waals surface area contributed by atoms with Crippen LogP contribution in [0.4, 0.5) is 18.9 Å². The molecule has 0 spiro atoms. The zero-order chi connectivity index (χ0) is 21.8. The average molecular weight is 400 g/mol. The molecular formula is C16H17Cl2F3N2O2. The Hall–Kier alpha value is -1.47. The highest BCUT2D eigenvalue weighted by atomic mass is 35.5. The normalized spacial score (nSPS) is 24.2. The van der Waals surface area contributed by atoms with E-state index in [0.717, 1.165) is 4.90 Å². The molecular weight excluding hydrogens is 380 g/mol. The molecule has 0 radical (unpaired) electrons. The Labute approximate surface area is 157 Å². The zero-order valence-corrected chi connectivity index (χ0v) is 15.0. The molecule has 138 valence electrons. The Morgan fingerprint density at radius 3 is 2.08 bits per heavy atom. The molecule has 1 aromatic rings. The van der Waals surface area contributed by atoms with Crippen molar-refractivity contribution in [3.63, 3.8) is 0 Å². The summed E-state index contributed by atoms with van der Waals surface area (Å²) in [5.41, 5.74) is -1.14. The number of halogens is 5. The molecule has 0 aliphatic carbocycles. The second-order valence-corrected chi connectivity index (χ2v) is 7.56. The van der Waals surface area contributed by atoms with Crippen molar-refractivity contribution in [3.05, 3.63) is 28.2 Å². The molecule has 2 rings (SSSR count). The van der Waals surface area contributed by atoms with Gasteiger partial charge in [0.25, 0.3) is 5.91 Å². The van der Waals surface area contributed by atoms with Crippen LogP contribution in [0, 0.1) is 5.41 Å². The number of carbonyl (C=O) groups is 2. The first-order chi connectivity index (χ1) is 12.5. The Morgan fingerprint density at radius 2 is 1.68 bits per heavy atom.